The van der Waals surface area contributed by atoms with Crippen molar-refractivity contribution in [2.45, 2.75) is 59.4 Å². The molecule has 0 aromatic rings. The molecule has 1 aliphatic heterocycles. The number of carboxylic acids is 1. The van der Waals surface area contributed by atoms with E-state index in [-0.39, 0.29) is 24.9 Å². The standard InChI is InChI=1S/C9H17NO2.C5H8O5.CH4/c1-9(2,3)12-8(11)7-4-5-10-6-7;1-2(6)3(7)4(8)5(9)10;/h7,10H,4-6H2,1-3H3;3-4,7-8H,1H3,(H,9,10);1H4/t7-;3-,4+;/m10./s1. The van der Waals surface area contributed by atoms with Crippen LogP contribution in [0.4, 0.5) is 0 Å². The Hall–Kier alpha value is -1.51. The molecule has 0 aliphatic carbocycles. The molecule has 0 amide bonds. The summed E-state index contributed by atoms with van der Waals surface area (Å²) >= 11 is 0. The third-order valence-electron chi connectivity index (χ3n) is 2.77. The summed E-state index contributed by atoms with van der Waals surface area (Å²) in [6.45, 7) is 8.39. The Morgan fingerprint density at radius 3 is 1.96 bits per heavy atom. The van der Waals surface area contributed by atoms with E-state index in [1.807, 2.05) is 20.8 Å². The van der Waals surface area contributed by atoms with Gasteiger partial charge in [-0.25, -0.2) is 4.79 Å². The van der Waals surface area contributed by atoms with E-state index in [1.54, 1.807) is 0 Å². The third-order valence-corrected chi connectivity index (χ3v) is 2.77. The SMILES string of the molecule is C.CC(=O)[C@H](O)[C@@H](O)C(=O)O.CC(C)(C)OC(=O)[C@@H]1CCNC1. The van der Waals surface area contributed by atoms with Crippen molar-refractivity contribution in [3.8, 4) is 0 Å². The zero-order chi connectivity index (χ0) is 17.5. The number of rotatable bonds is 4. The molecule has 0 aromatic carbocycles. The highest BCUT2D eigenvalue weighted by Gasteiger charge is 2.27. The number of nitrogens with one attached hydrogen (secondary N) is 1. The number of aliphatic hydroxyl groups excluding tert-OH is 2. The number of esters is 1. The summed E-state index contributed by atoms with van der Waals surface area (Å²) in [5.74, 6) is -2.37. The van der Waals surface area contributed by atoms with Gasteiger partial charge in [0.15, 0.2) is 11.9 Å². The fourth-order valence-corrected chi connectivity index (χ4v) is 1.60. The van der Waals surface area contributed by atoms with Crippen molar-refractivity contribution in [1.29, 1.82) is 0 Å². The Balaban J connectivity index is 0. The molecular formula is C15H29NO7. The second-order valence-corrected chi connectivity index (χ2v) is 6.06. The number of aliphatic carboxylic acids is 1. The van der Waals surface area contributed by atoms with Crippen molar-refractivity contribution in [1.82, 2.24) is 5.32 Å². The maximum absolute atomic E-state index is 11.4. The summed E-state index contributed by atoms with van der Waals surface area (Å²) in [4.78, 5) is 31.5. The van der Waals surface area contributed by atoms with Gasteiger partial charge in [-0.15, -0.1) is 0 Å². The predicted molar refractivity (Wildman–Crippen MR) is 83.9 cm³/mol. The normalized spacial score (nSPS) is 19.5. The van der Waals surface area contributed by atoms with Crippen molar-refractivity contribution < 1.29 is 34.4 Å². The highest BCUT2D eigenvalue weighted by Crippen LogP contribution is 2.15. The molecule has 136 valence electrons. The van der Waals surface area contributed by atoms with Gasteiger partial charge < -0.3 is 25.4 Å². The molecule has 0 aromatic heterocycles. The number of ketones is 1. The van der Waals surface area contributed by atoms with Crippen LogP contribution in [0, 0.1) is 5.92 Å². The van der Waals surface area contributed by atoms with Gasteiger partial charge in [0.1, 0.15) is 11.7 Å². The molecule has 0 spiro atoms. The van der Waals surface area contributed by atoms with E-state index in [2.05, 4.69) is 5.32 Å². The van der Waals surface area contributed by atoms with Crippen molar-refractivity contribution in [2.24, 2.45) is 5.92 Å². The van der Waals surface area contributed by atoms with Crippen LogP contribution in [0.3, 0.4) is 0 Å². The number of carboxylic acid groups (broad SMARTS) is 1. The van der Waals surface area contributed by atoms with Gasteiger partial charge in [-0.3, -0.25) is 9.59 Å². The van der Waals surface area contributed by atoms with Gasteiger partial charge in [0.2, 0.25) is 0 Å². The summed E-state index contributed by atoms with van der Waals surface area (Å²) in [6.07, 6.45) is -2.93. The fourth-order valence-electron chi connectivity index (χ4n) is 1.60. The van der Waals surface area contributed by atoms with Crippen LogP contribution in [0.15, 0.2) is 0 Å². The van der Waals surface area contributed by atoms with Crippen molar-refractivity contribution in [3.63, 3.8) is 0 Å². The van der Waals surface area contributed by atoms with Gasteiger partial charge >= 0.3 is 11.9 Å². The molecule has 0 unspecified atom stereocenters. The number of carbonyl (C=O) groups excluding carboxylic acids is 2. The van der Waals surface area contributed by atoms with E-state index in [9.17, 15) is 14.4 Å². The first-order valence-corrected chi connectivity index (χ1v) is 6.98. The molecular weight excluding hydrogens is 306 g/mol. The molecule has 0 radical (unpaired) electrons. The zero-order valence-corrected chi connectivity index (χ0v) is 13.3. The maximum Gasteiger partial charge on any atom is 0.335 e. The van der Waals surface area contributed by atoms with Gasteiger partial charge in [0.25, 0.3) is 0 Å². The molecule has 3 atom stereocenters. The molecule has 1 heterocycles. The van der Waals surface area contributed by atoms with Crippen LogP contribution in [0.25, 0.3) is 0 Å². The molecule has 1 fully saturated rings. The average molecular weight is 335 g/mol. The van der Waals surface area contributed by atoms with Crippen LogP contribution in [0.1, 0.15) is 41.5 Å². The van der Waals surface area contributed by atoms with Crippen molar-refractivity contribution >= 4 is 17.7 Å². The van der Waals surface area contributed by atoms with Crippen molar-refractivity contribution in [3.05, 3.63) is 0 Å². The summed E-state index contributed by atoms with van der Waals surface area (Å²) in [5.41, 5.74) is -0.348. The fraction of sp³-hybridized carbons (Fsp3) is 0.800. The van der Waals surface area contributed by atoms with Crippen LogP contribution in [-0.2, 0) is 19.1 Å². The summed E-state index contributed by atoms with van der Waals surface area (Å²) in [6, 6.07) is 0. The lowest BCUT2D eigenvalue weighted by atomic mass is 10.1. The monoisotopic (exact) mass is 335 g/mol. The number of hydrogen-bond donors (Lipinski definition) is 4. The average Bonchev–Trinajstić information content (AvgIpc) is 2.89. The maximum atomic E-state index is 11.4. The van der Waals surface area contributed by atoms with E-state index >= 15 is 0 Å². The molecule has 8 heteroatoms. The van der Waals surface area contributed by atoms with E-state index < -0.39 is 24.0 Å². The first-order valence-electron chi connectivity index (χ1n) is 6.98. The molecule has 1 rings (SSSR count). The van der Waals surface area contributed by atoms with Gasteiger partial charge in [0.05, 0.1) is 5.92 Å². The molecule has 23 heavy (non-hydrogen) atoms. The topological polar surface area (TPSA) is 133 Å². The number of aliphatic hydroxyl groups is 2. The van der Waals surface area contributed by atoms with Gasteiger partial charge in [-0.1, -0.05) is 7.43 Å². The van der Waals surface area contributed by atoms with Gasteiger partial charge in [-0.05, 0) is 40.7 Å². The highest BCUT2D eigenvalue weighted by atomic mass is 16.6. The van der Waals surface area contributed by atoms with E-state index in [0.717, 1.165) is 26.4 Å². The largest absolute Gasteiger partial charge is 0.479 e. The summed E-state index contributed by atoms with van der Waals surface area (Å²) in [7, 11) is 0. The minimum Gasteiger partial charge on any atom is -0.479 e. The third kappa shape index (κ3) is 9.98. The smallest absolute Gasteiger partial charge is 0.335 e. The number of ether oxygens (including phenoxy) is 1. The zero-order valence-electron chi connectivity index (χ0n) is 13.3. The highest BCUT2D eigenvalue weighted by molar-refractivity contribution is 5.87. The Labute approximate surface area is 136 Å². The van der Waals surface area contributed by atoms with Crippen LogP contribution < -0.4 is 5.32 Å². The molecule has 8 nitrogen and oxygen atoms in total. The molecule has 0 saturated carbocycles. The van der Waals surface area contributed by atoms with Crippen LogP contribution >= 0.6 is 0 Å². The second-order valence-electron chi connectivity index (χ2n) is 6.06. The molecule has 4 N–H and O–H groups in total. The van der Waals surface area contributed by atoms with Crippen LogP contribution in [0.2, 0.25) is 0 Å². The Morgan fingerprint density at radius 2 is 1.70 bits per heavy atom. The second kappa shape index (κ2) is 10.3. The Kier molecular flexibility index (Phi) is 10.6. The lowest BCUT2D eigenvalue weighted by Crippen LogP contribution is -2.38. The molecule has 1 aliphatic rings. The minimum absolute atomic E-state index is 0. The van der Waals surface area contributed by atoms with E-state index in [0.29, 0.717) is 0 Å². The summed E-state index contributed by atoms with van der Waals surface area (Å²) in [5, 5.41) is 28.3. The van der Waals surface area contributed by atoms with E-state index in [4.69, 9.17) is 20.1 Å². The van der Waals surface area contributed by atoms with Crippen LogP contribution in [0.5, 0.6) is 0 Å². The summed E-state index contributed by atoms with van der Waals surface area (Å²) < 4.78 is 5.24. The quantitative estimate of drug-likeness (QED) is 0.526. The minimum atomic E-state index is -2.02. The first kappa shape index (κ1) is 23.8. The number of Topliss-reactive ketones (excluding diaryl/α,β-unsaturated/α-hetero) is 1. The Morgan fingerprint density at radius 1 is 1.17 bits per heavy atom. The lowest BCUT2D eigenvalue weighted by Gasteiger charge is -2.21. The van der Waals surface area contributed by atoms with Gasteiger partial charge in [0, 0.05) is 6.54 Å². The molecule has 0 bridgehead atoms. The first-order chi connectivity index (χ1) is 9.95. The number of hydrogen-bond acceptors (Lipinski definition) is 7. The van der Waals surface area contributed by atoms with Gasteiger partial charge in [-0.2, -0.15) is 0 Å². The molecule has 1 saturated heterocycles. The number of carbonyl (C=O) groups is 3. The van der Waals surface area contributed by atoms with Crippen LogP contribution in [-0.4, -0.2) is 63.9 Å². The lowest BCUT2D eigenvalue weighted by molar-refractivity contribution is -0.159. The predicted octanol–water partition coefficient (Wildman–Crippen LogP) is -0.0445. The van der Waals surface area contributed by atoms with E-state index in [1.165, 1.54) is 0 Å². The Bertz CT molecular complexity index is 379. The van der Waals surface area contributed by atoms with Crippen molar-refractivity contribution in [2.75, 3.05) is 13.1 Å².